The number of rotatable bonds is 5. The Labute approximate surface area is 97.8 Å². The van der Waals surface area contributed by atoms with E-state index in [1.807, 2.05) is 30.3 Å². The van der Waals surface area contributed by atoms with Crippen LogP contribution < -0.4 is 5.32 Å². The Bertz CT molecular complexity index is 412. The third-order valence-corrected chi connectivity index (χ3v) is 4.90. The Morgan fingerprint density at radius 3 is 2.19 bits per heavy atom. The van der Waals surface area contributed by atoms with E-state index in [1.165, 1.54) is 0 Å². The van der Waals surface area contributed by atoms with Gasteiger partial charge in [0.15, 0.2) is 9.84 Å². The van der Waals surface area contributed by atoms with E-state index >= 15 is 0 Å². The average Bonchev–Trinajstić information content (AvgIpc) is 2.27. The van der Waals surface area contributed by atoms with Crippen LogP contribution in [-0.4, -0.2) is 26.5 Å². The molecule has 0 saturated heterocycles. The van der Waals surface area contributed by atoms with Crippen LogP contribution in [0.1, 0.15) is 25.5 Å². The van der Waals surface area contributed by atoms with Crippen LogP contribution in [0.5, 0.6) is 0 Å². The van der Waals surface area contributed by atoms with Crippen LogP contribution in [0.3, 0.4) is 0 Å². The van der Waals surface area contributed by atoms with Gasteiger partial charge in [0, 0.05) is 6.04 Å². The van der Waals surface area contributed by atoms with E-state index < -0.39 is 9.84 Å². The molecule has 16 heavy (non-hydrogen) atoms. The molecule has 0 aromatic heterocycles. The molecule has 4 heteroatoms. The van der Waals surface area contributed by atoms with Gasteiger partial charge < -0.3 is 5.32 Å². The maximum absolute atomic E-state index is 11.8. The minimum atomic E-state index is -3.02. The number of nitrogens with one attached hydrogen (secondary N) is 1. The molecular weight excluding hydrogens is 222 g/mol. The normalized spacial score (nSPS) is 14.0. The molecule has 0 heterocycles. The van der Waals surface area contributed by atoms with Gasteiger partial charge in [0.2, 0.25) is 0 Å². The molecule has 0 radical (unpaired) electrons. The van der Waals surface area contributed by atoms with Gasteiger partial charge in [-0.05, 0) is 26.5 Å². The fourth-order valence-corrected chi connectivity index (χ4v) is 2.66. The highest BCUT2D eigenvalue weighted by Gasteiger charge is 2.22. The zero-order valence-electron chi connectivity index (χ0n) is 9.97. The summed E-state index contributed by atoms with van der Waals surface area (Å²) in [5.41, 5.74) is 1.01. The minimum absolute atomic E-state index is 0.131. The van der Waals surface area contributed by atoms with Gasteiger partial charge in [0.25, 0.3) is 0 Å². The van der Waals surface area contributed by atoms with E-state index in [0.29, 0.717) is 0 Å². The molecule has 1 rings (SSSR count). The second kappa shape index (κ2) is 5.46. The van der Waals surface area contributed by atoms with Crippen LogP contribution in [-0.2, 0) is 9.84 Å². The molecule has 0 spiro atoms. The first-order valence-electron chi connectivity index (χ1n) is 5.41. The van der Waals surface area contributed by atoms with Crippen molar-refractivity contribution in [2.75, 3.05) is 12.8 Å². The Kier molecular flexibility index (Phi) is 4.50. The summed E-state index contributed by atoms with van der Waals surface area (Å²) in [4.78, 5) is 0. The molecular formula is C12H19NO2S. The van der Waals surface area contributed by atoms with Crippen molar-refractivity contribution in [2.24, 2.45) is 0 Å². The maximum atomic E-state index is 11.8. The van der Waals surface area contributed by atoms with Crippen LogP contribution >= 0.6 is 0 Å². The van der Waals surface area contributed by atoms with E-state index in [4.69, 9.17) is 0 Å². The lowest BCUT2D eigenvalue weighted by Crippen LogP contribution is -2.29. The molecule has 0 fully saturated rings. The van der Waals surface area contributed by atoms with E-state index in [2.05, 4.69) is 5.32 Å². The largest absolute Gasteiger partial charge is 0.312 e. The van der Waals surface area contributed by atoms with Gasteiger partial charge in [-0.1, -0.05) is 30.3 Å². The maximum Gasteiger partial charge on any atom is 0.154 e. The lowest BCUT2D eigenvalue weighted by molar-refractivity contribution is 0.566. The third kappa shape index (κ3) is 3.32. The fraction of sp³-hybridized carbons (Fsp3) is 0.500. The lowest BCUT2D eigenvalue weighted by Gasteiger charge is -2.18. The second-order valence-electron chi connectivity index (χ2n) is 4.13. The monoisotopic (exact) mass is 241 g/mol. The summed E-state index contributed by atoms with van der Waals surface area (Å²) in [5, 5.41) is 2.72. The van der Waals surface area contributed by atoms with Gasteiger partial charge in [-0.3, -0.25) is 0 Å². The molecule has 1 unspecified atom stereocenters. The summed E-state index contributed by atoms with van der Waals surface area (Å²) < 4.78 is 23.7. The predicted octanol–water partition coefficient (Wildman–Crippen LogP) is 1.77. The van der Waals surface area contributed by atoms with Crippen LogP contribution in [0.2, 0.25) is 0 Å². The van der Waals surface area contributed by atoms with Crippen molar-refractivity contribution in [3.8, 4) is 0 Å². The Morgan fingerprint density at radius 1 is 1.19 bits per heavy atom. The fourth-order valence-electron chi connectivity index (χ4n) is 1.46. The second-order valence-corrected chi connectivity index (χ2v) is 6.73. The highest BCUT2D eigenvalue weighted by Crippen LogP contribution is 2.16. The van der Waals surface area contributed by atoms with Crippen molar-refractivity contribution in [3.63, 3.8) is 0 Å². The molecule has 0 amide bonds. The van der Waals surface area contributed by atoms with Gasteiger partial charge in [-0.15, -0.1) is 0 Å². The summed E-state index contributed by atoms with van der Waals surface area (Å²) in [6.07, 6.45) is 0. The van der Waals surface area contributed by atoms with E-state index in [1.54, 1.807) is 20.9 Å². The number of sulfone groups is 1. The molecule has 0 saturated carbocycles. The van der Waals surface area contributed by atoms with Crippen molar-refractivity contribution in [3.05, 3.63) is 35.9 Å². The first-order chi connectivity index (χ1) is 7.47. The molecule has 0 aliphatic heterocycles. The first kappa shape index (κ1) is 13.2. The zero-order valence-corrected chi connectivity index (χ0v) is 10.8. The van der Waals surface area contributed by atoms with E-state index in [-0.39, 0.29) is 17.0 Å². The smallest absolute Gasteiger partial charge is 0.154 e. The molecule has 3 nitrogen and oxygen atoms in total. The van der Waals surface area contributed by atoms with Gasteiger partial charge in [-0.2, -0.15) is 0 Å². The van der Waals surface area contributed by atoms with Crippen molar-refractivity contribution >= 4 is 9.84 Å². The van der Waals surface area contributed by atoms with Gasteiger partial charge in [0.05, 0.1) is 11.0 Å². The summed E-state index contributed by atoms with van der Waals surface area (Å²) in [6, 6.07) is 9.51. The lowest BCUT2D eigenvalue weighted by atomic mass is 10.1. The molecule has 1 N–H and O–H groups in total. The van der Waals surface area contributed by atoms with E-state index in [9.17, 15) is 8.42 Å². The van der Waals surface area contributed by atoms with Crippen LogP contribution in [0.25, 0.3) is 0 Å². The highest BCUT2D eigenvalue weighted by atomic mass is 32.2. The standard InChI is InChI=1S/C12H19NO2S/c1-10(2)16(14,15)9-12(13-3)11-7-5-4-6-8-11/h4-8,10,12-13H,9H2,1-3H3. The molecule has 0 aliphatic rings. The Balaban J connectivity index is 2.86. The van der Waals surface area contributed by atoms with Crippen molar-refractivity contribution in [1.29, 1.82) is 0 Å². The van der Waals surface area contributed by atoms with Gasteiger partial charge in [-0.25, -0.2) is 8.42 Å². The molecule has 0 aliphatic carbocycles. The minimum Gasteiger partial charge on any atom is -0.312 e. The summed E-state index contributed by atoms with van der Waals surface area (Å²) >= 11 is 0. The summed E-state index contributed by atoms with van der Waals surface area (Å²) in [7, 11) is -1.23. The van der Waals surface area contributed by atoms with Crippen molar-refractivity contribution < 1.29 is 8.42 Å². The molecule has 1 atom stereocenters. The van der Waals surface area contributed by atoms with E-state index in [0.717, 1.165) is 5.56 Å². The highest BCUT2D eigenvalue weighted by molar-refractivity contribution is 7.92. The Hall–Kier alpha value is -0.870. The van der Waals surface area contributed by atoms with Crippen LogP contribution in [0.15, 0.2) is 30.3 Å². The average molecular weight is 241 g/mol. The Morgan fingerprint density at radius 2 is 1.75 bits per heavy atom. The molecule has 1 aromatic rings. The molecule has 0 bridgehead atoms. The number of hydrogen-bond donors (Lipinski definition) is 1. The summed E-state index contributed by atoms with van der Waals surface area (Å²) in [5.74, 6) is 0.144. The van der Waals surface area contributed by atoms with Crippen LogP contribution in [0, 0.1) is 0 Å². The van der Waals surface area contributed by atoms with Gasteiger partial charge in [0.1, 0.15) is 0 Å². The number of hydrogen-bond acceptors (Lipinski definition) is 3. The zero-order chi connectivity index (χ0) is 12.2. The van der Waals surface area contributed by atoms with Crippen LogP contribution in [0.4, 0.5) is 0 Å². The van der Waals surface area contributed by atoms with Gasteiger partial charge >= 0.3 is 0 Å². The van der Waals surface area contributed by atoms with Crippen molar-refractivity contribution in [1.82, 2.24) is 5.32 Å². The number of benzene rings is 1. The summed E-state index contributed by atoms with van der Waals surface area (Å²) in [6.45, 7) is 3.43. The predicted molar refractivity (Wildman–Crippen MR) is 67.2 cm³/mol. The van der Waals surface area contributed by atoms with Crippen molar-refractivity contribution in [2.45, 2.75) is 25.1 Å². The first-order valence-corrected chi connectivity index (χ1v) is 7.12. The molecule has 90 valence electrons. The topological polar surface area (TPSA) is 46.2 Å². The SMILES string of the molecule is CNC(CS(=O)(=O)C(C)C)c1ccccc1. The third-order valence-electron chi connectivity index (χ3n) is 2.67. The molecule has 1 aromatic carbocycles. The quantitative estimate of drug-likeness (QED) is 0.854.